The van der Waals surface area contributed by atoms with Crippen LogP contribution in [0.3, 0.4) is 0 Å². The topological polar surface area (TPSA) is 119 Å². The number of amides is 2. The third-order valence-electron chi connectivity index (χ3n) is 9.35. The molecule has 0 aromatic heterocycles. The van der Waals surface area contributed by atoms with E-state index in [2.05, 4.69) is 5.32 Å². The predicted octanol–water partition coefficient (Wildman–Crippen LogP) is 3.97. The number of allylic oxidation sites excluding steroid dienone is 2. The lowest BCUT2D eigenvalue weighted by Crippen LogP contribution is -2.83. The van der Waals surface area contributed by atoms with E-state index >= 15 is 0 Å². The first-order valence-electron chi connectivity index (χ1n) is 13.1. The number of Topliss-reactive ketones (excluding diaryl/α,β-unsaturated/α-hetero) is 1. The van der Waals surface area contributed by atoms with Gasteiger partial charge < -0.3 is 15.0 Å². The number of ether oxygens (including phenoxy) is 1. The maximum absolute atomic E-state index is 14.0. The summed E-state index contributed by atoms with van der Waals surface area (Å²) < 4.78 is 6.17. The predicted molar refractivity (Wildman–Crippen MR) is 140 cm³/mol. The molecule has 1 N–H and O–H groups in total. The summed E-state index contributed by atoms with van der Waals surface area (Å²) in [5.74, 6) is -0.796. The lowest BCUT2D eigenvalue weighted by atomic mass is 9.51. The molecule has 198 valence electrons. The average Bonchev–Trinajstić information content (AvgIpc) is 3.31. The fourth-order valence-electron chi connectivity index (χ4n) is 7.31. The van der Waals surface area contributed by atoms with Crippen LogP contribution in [0.5, 0.6) is 5.75 Å². The minimum Gasteiger partial charge on any atom is -0.482 e. The summed E-state index contributed by atoms with van der Waals surface area (Å²) in [7, 11) is 0. The summed E-state index contributed by atoms with van der Waals surface area (Å²) in [5.41, 5.74) is -3.80. The molecule has 2 amide bonds. The van der Waals surface area contributed by atoms with E-state index in [0.29, 0.717) is 31.6 Å². The van der Waals surface area contributed by atoms with Crippen LogP contribution in [-0.4, -0.2) is 50.6 Å². The monoisotopic (exact) mass is 517 g/mol. The first-order chi connectivity index (χ1) is 17.9. The number of ketones is 1. The molecule has 2 spiro atoms. The second kappa shape index (κ2) is 7.65. The lowest BCUT2D eigenvalue weighted by Gasteiger charge is -2.62. The summed E-state index contributed by atoms with van der Waals surface area (Å²) in [6, 6.07) is 3.18. The van der Waals surface area contributed by atoms with Crippen molar-refractivity contribution in [2.75, 3.05) is 6.54 Å². The average molecular weight is 518 g/mol. The maximum atomic E-state index is 14.0. The van der Waals surface area contributed by atoms with Crippen LogP contribution in [0.1, 0.15) is 64.5 Å². The van der Waals surface area contributed by atoms with Gasteiger partial charge in [-0.15, -0.1) is 0 Å². The van der Waals surface area contributed by atoms with Gasteiger partial charge in [-0.3, -0.25) is 24.5 Å². The number of hydrogen-bond donors (Lipinski definition) is 1. The second-order valence-corrected chi connectivity index (χ2v) is 11.9. The molecular weight excluding hydrogens is 486 g/mol. The Hall–Kier alpha value is -3.75. The number of nitro groups is 1. The molecule has 5 heterocycles. The van der Waals surface area contributed by atoms with Crippen molar-refractivity contribution in [1.29, 1.82) is 0 Å². The summed E-state index contributed by atoms with van der Waals surface area (Å²) >= 11 is 0. The van der Waals surface area contributed by atoms with Gasteiger partial charge in [-0.05, 0) is 63.5 Å². The number of nitro benzene ring substituents is 1. The smallest absolute Gasteiger partial charge is 0.288 e. The Morgan fingerprint density at radius 1 is 1.24 bits per heavy atom. The molecule has 9 nitrogen and oxygen atoms in total. The van der Waals surface area contributed by atoms with Gasteiger partial charge in [0, 0.05) is 29.9 Å². The molecular formula is C29H31N3O6. The molecule has 6 aliphatic rings. The zero-order valence-electron chi connectivity index (χ0n) is 22.0. The van der Waals surface area contributed by atoms with Gasteiger partial charge >= 0.3 is 0 Å². The van der Waals surface area contributed by atoms with Crippen molar-refractivity contribution in [2.45, 2.75) is 70.1 Å². The summed E-state index contributed by atoms with van der Waals surface area (Å²) in [4.78, 5) is 54.9. The quantitative estimate of drug-likeness (QED) is 0.367. The van der Waals surface area contributed by atoms with Crippen LogP contribution in [0.2, 0.25) is 0 Å². The van der Waals surface area contributed by atoms with Crippen LogP contribution in [0.4, 0.5) is 5.69 Å². The van der Waals surface area contributed by atoms with Crippen LogP contribution >= 0.6 is 0 Å². The molecule has 1 aromatic rings. The van der Waals surface area contributed by atoms with Gasteiger partial charge in [0.15, 0.2) is 5.78 Å². The fraction of sp³-hybridized carbons (Fsp3) is 0.483. The van der Waals surface area contributed by atoms with Gasteiger partial charge in [0.2, 0.25) is 5.91 Å². The van der Waals surface area contributed by atoms with Crippen molar-refractivity contribution in [1.82, 2.24) is 10.2 Å². The number of hydrogen-bond acceptors (Lipinski definition) is 6. The SMILES string of the molecule is CC=CCC1(C)C=Cc2c(ccc(C3=C[C@@]45NC(=O)C6(CCCN6C4=O)CC5C(C)(C)C3=O)c2[N+](=O)[O-])O1. The Morgan fingerprint density at radius 2 is 2.00 bits per heavy atom. The number of fused-ring (bicyclic) bond motifs is 2. The van der Waals surface area contributed by atoms with Crippen LogP contribution in [0.25, 0.3) is 11.6 Å². The van der Waals surface area contributed by atoms with Crippen molar-refractivity contribution in [3.05, 3.63) is 57.7 Å². The van der Waals surface area contributed by atoms with Crippen LogP contribution in [-0.2, 0) is 14.4 Å². The number of benzene rings is 1. The number of nitrogens with one attached hydrogen (secondary N) is 1. The van der Waals surface area contributed by atoms with E-state index in [1.54, 1.807) is 37.0 Å². The highest BCUT2D eigenvalue weighted by atomic mass is 16.6. The molecule has 2 bridgehead atoms. The minimum absolute atomic E-state index is 0.0821. The van der Waals surface area contributed by atoms with E-state index in [1.165, 1.54) is 12.1 Å². The molecule has 0 radical (unpaired) electrons. The molecule has 1 aliphatic carbocycles. The van der Waals surface area contributed by atoms with Gasteiger partial charge in [0.25, 0.3) is 11.6 Å². The van der Waals surface area contributed by atoms with E-state index in [0.717, 1.165) is 6.42 Å². The maximum Gasteiger partial charge on any atom is 0.288 e. The first kappa shape index (κ1) is 24.6. The number of carbonyl (C=O) groups is 3. The summed E-state index contributed by atoms with van der Waals surface area (Å²) in [6.45, 7) is 7.87. The van der Waals surface area contributed by atoms with Crippen LogP contribution in [0.15, 0.2) is 36.4 Å². The second-order valence-electron chi connectivity index (χ2n) is 11.9. The Morgan fingerprint density at radius 3 is 2.71 bits per heavy atom. The van der Waals surface area contributed by atoms with Gasteiger partial charge in [-0.25, -0.2) is 0 Å². The van der Waals surface area contributed by atoms with E-state index in [1.807, 2.05) is 26.0 Å². The molecule has 4 atom stereocenters. The number of piperazine rings is 1. The molecule has 0 saturated carbocycles. The summed E-state index contributed by atoms with van der Waals surface area (Å²) in [6.07, 6.45) is 11.2. The van der Waals surface area contributed by atoms with Crippen molar-refractivity contribution >= 4 is 34.9 Å². The third kappa shape index (κ3) is 2.95. The largest absolute Gasteiger partial charge is 0.482 e. The zero-order valence-corrected chi connectivity index (χ0v) is 22.0. The highest BCUT2D eigenvalue weighted by Crippen LogP contribution is 2.59. The van der Waals surface area contributed by atoms with Crippen LogP contribution < -0.4 is 10.1 Å². The van der Waals surface area contributed by atoms with Crippen molar-refractivity contribution < 1.29 is 24.0 Å². The lowest BCUT2D eigenvalue weighted by molar-refractivity contribution is -0.385. The molecule has 9 heteroatoms. The fourth-order valence-corrected chi connectivity index (χ4v) is 7.31. The van der Waals surface area contributed by atoms with Gasteiger partial charge in [0.1, 0.15) is 22.4 Å². The zero-order chi connectivity index (χ0) is 27.3. The number of rotatable bonds is 4. The van der Waals surface area contributed by atoms with Gasteiger partial charge in [0.05, 0.1) is 16.1 Å². The number of nitrogens with zero attached hydrogens (tertiary/aromatic N) is 2. The standard InChI is InChI=1S/C29H31N3O6/c1-5-6-11-27(4)13-10-18-20(38-27)9-8-17(22(18)32(36)37)19-15-29-21(26(2,3)23(19)33)16-28(24(34)30-29)12-7-14-31(28)25(29)35/h5-6,8-10,13,15,21H,7,11-12,14,16H2,1-4H3,(H,30,34)/t21?,27?,28?,29-/m0/s1. The highest BCUT2D eigenvalue weighted by Gasteiger charge is 2.72. The molecule has 5 aliphatic heterocycles. The van der Waals surface area contributed by atoms with E-state index in [-0.39, 0.29) is 40.0 Å². The van der Waals surface area contributed by atoms with Gasteiger partial charge in [-0.1, -0.05) is 26.0 Å². The third-order valence-corrected chi connectivity index (χ3v) is 9.35. The molecule has 3 unspecified atom stereocenters. The van der Waals surface area contributed by atoms with Crippen molar-refractivity contribution in [3.63, 3.8) is 0 Å². The van der Waals surface area contributed by atoms with Crippen molar-refractivity contribution in [2.24, 2.45) is 11.3 Å². The molecule has 7 rings (SSSR count). The van der Waals surface area contributed by atoms with E-state index in [9.17, 15) is 24.5 Å². The van der Waals surface area contributed by atoms with Crippen molar-refractivity contribution in [3.8, 4) is 5.75 Å². The molecule has 4 saturated heterocycles. The van der Waals surface area contributed by atoms with E-state index in [4.69, 9.17) is 4.74 Å². The molecule has 1 aromatic carbocycles. The first-order valence-corrected chi connectivity index (χ1v) is 13.1. The Kier molecular flexibility index (Phi) is 4.95. The summed E-state index contributed by atoms with van der Waals surface area (Å²) in [5, 5.41) is 15.5. The Labute approximate surface area is 220 Å². The molecule has 38 heavy (non-hydrogen) atoms. The number of carbonyl (C=O) groups excluding carboxylic acids is 3. The Balaban J connectivity index is 1.53. The normalized spacial score (nSPS) is 34.4. The molecule has 4 fully saturated rings. The van der Waals surface area contributed by atoms with Crippen LogP contribution in [0, 0.1) is 21.4 Å². The Bertz CT molecular complexity index is 1420. The minimum atomic E-state index is -1.42. The highest BCUT2D eigenvalue weighted by molar-refractivity contribution is 6.27. The van der Waals surface area contributed by atoms with Gasteiger partial charge in [-0.2, -0.15) is 0 Å². The van der Waals surface area contributed by atoms with E-state index < -0.39 is 32.9 Å². The number of piperidine rings is 2.